The molecule has 46 heavy (non-hydrogen) atoms. The summed E-state index contributed by atoms with van der Waals surface area (Å²) >= 11 is 0. The lowest BCUT2D eigenvalue weighted by Gasteiger charge is -2.29. The van der Waals surface area contributed by atoms with Gasteiger partial charge in [-0.25, -0.2) is 8.78 Å². The fourth-order valence-corrected chi connectivity index (χ4v) is 5.46. The summed E-state index contributed by atoms with van der Waals surface area (Å²) in [7, 11) is 0. The fraction of sp³-hybridized carbons (Fsp3) is 0.303. The summed E-state index contributed by atoms with van der Waals surface area (Å²) in [6.07, 6.45) is 3.91. The number of hydrazine groups is 2. The summed E-state index contributed by atoms with van der Waals surface area (Å²) in [5.41, 5.74) is 5.75. The Balaban J connectivity index is 1.47. The Labute approximate surface area is 261 Å². The molecule has 2 aliphatic rings. The number of nitriles is 1. The maximum atomic E-state index is 14.0. The standard InChI is InChI=1S/C33H29F5N8/c1-4-19-16-41-28-20(15-39)13-21(14-24(28)27(19)42-18-31(2,3)33(36,37)38)43-29(23-7-5-9-25-22(23)8-6-12-40-25)26-17-46(45-44-26)32(10-11-32)30(34)35/h1,5-9,12-14,16-17,29-30,43-45H,10-11,18H2,2-3H3,(H,41,42)/t29-/m0/s1. The Morgan fingerprint density at radius 3 is 2.54 bits per heavy atom. The SMILES string of the molecule is C#Cc1cnc2c(C#N)cc(N[C@H](C3=CN(C4(C(F)F)CC4)NN3)c3cccc4ncccc34)cc2c1NCC(C)(C)C(F)(F)F. The van der Waals surface area contributed by atoms with Crippen LogP contribution in [-0.2, 0) is 0 Å². The van der Waals surface area contributed by atoms with Gasteiger partial charge in [0, 0.05) is 41.6 Å². The molecule has 1 aliphatic carbocycles. The fourth-order valence-electron chi connectivity index (χ4n) is 5.46. The molecule has 4 aromatic rings. The smallest absolute Gasteiger partial charge is 0.383 e. The first kappa shape index (κ1) is 30.9. The number of hydrogen-bond acceptors (Lipinski definition) is 8. The number of nitrogens with zero attached hydrogens (tertiary/aromatic N) is 4. The molecule has 0 amide bonds. The first-order chi connectivity index (χ1) is 21.9. The summed E-state index contributed by atoms with van der Waals surface area (Å²) < 4.78 is 69.1. The number of rotatable bonds is 9. The van der Waals surface area contributed by atoms with E-state index in [1.165, 1.54) is 11.2 Å². The predicted molar refractivity (Wildman–Crippen MR) is 165 cm³/mol. The van der Waals surface area contributed by atoms with Crippen molar-refractivity contribution in [2.75, 3.05) is 17.2 Å². The van der Waals surface area contributed by atoms with Crippen molar-refractivity contribution in [1.29, 1.82) is 5.26 Å². The maximum Gasteiger partial charge on any atom is 0.395 e. The van der Waals surface area contributed by atoms with Crippen LogP contribution in [0.4, 0.5) is 33.3 Å². The van der Waals surface area contributed by atoms with Gasteiger partial charge in [-0.05, 0) is 56.5 Å². The molecule has 2 aromatic heterocycles. The zero-order valence-electron chi connectivity index (χ0n) is 24.8. The highest BCUT2D eigenvalue weighted by Crippen LogP contribution is 2.47. The zero-order chi connectivity index (χ0) is 32.9. The molecular formula is C33H29F5N8. The summed E-state index contributed by atoms with van der Waals surface area (Å²) in [4.78, 5) is 8.81. The van der Waals surface area contributed by atoms with E-state index in [1.807, 2.05) is 24.3 Å². The number of pyridine rings is 2. The average molecular weight is 633 g/mol. The molecule has 13 heteroatoms. The second-order valence-corrected chi connectivity index (χ2v) is 12.0. The highest BCUT2D eigenvalue weighted by molar-refractivity contribution is 5.99. The van der Waals surface area contributed by atoms with Gasteiger partial charge in [0.15, 0.2) is 0 Å². The molecule has 0 saturated heterocycles. The monoisotopic (exact) mass is 632 g/mol. The molecule has 1 aliphatic heterocycles. The molecule has 0 spiro atoms. The van der Waals surface area contributed by atoms with Gasteiger partial charge in [0.2, 0.25) is 0 Å². The second-order valence-electron chi connectivity index (χ2n) is 12.0. The molecule has 1 atom stereocenters. The van der Waals surface area contributed by atoms with Crippen molar-refractivity contribution in [3.8, 4) is 18.4 Å². The summed E-state index contributed by atoms with van der Waals surface area (Å²) in [6, 6.07) is 13.9. The number of anilines is 2. The number of nitrogens with one attached hydrogen (secondary N) is 4. The normalized spacial score (nSPS) is 16.5. The third-order valence-electron chi connectivity index (χ3n) is 8.57. The molecule has 4 N–H and O–H groups in total. The van der Waals surface area contributed by atoms with Gasteiger partial charge < -0.3 is 16.1 Å². The van der Waals surface area contributed by atoms with Crippen molar-refractivity contribution in [2.24, 2.45) is 5.41 Å². The Kier molecular flexibility index (Phi) is 7.61. The molecule has 0 unspecified atom stereocenters. The maximum absolute atomic E-state index is 14.0. The van der Waals surface area contributed by atoms with Crippen molar-refractivity contribution in [3.05, 3.63) is 83.4 Å². The van der Waals surface area contributed by atoms with Crippen LogP contribution in [-0.4, -0.2) is 39.7 Å². The molecule has 1 fully saturated rings. The lowest BCUT2D eigenvalue weighted by molar-refractivity contribution is -0.206. The molecule has 6 rings (SSSR count). The number of alkyl halides is 5. The van der Waals surface area contributed by atoms with Crippen molar-refractivity contribution in [3.63, 3.8) is 0 Å². The topological polar surface area (TPSA) is 101 Å². The second kappa shape index (κ2) is 11.3. The van der Waals surface area contributed by atoms with Crippen molar-refractivity contribution in [1.82, 2.24) is 25.9 Å². The van der Waals surface area contributed by atoms with Crippen molar-refractivity contribution < 1.29 is 22.0 Å². The van der Waals surface area contributed by atoms with Crippen molar-refractivity contribution >= 4 is 33.2 Å². The van der Waals surface area contributed by atoms with E-state index in [4.69, 9.17) is 6.42 Å². The van der Waals surface area contributed by atoms with Crippen LogP contribution in [0.15, 0.2) is 66.8 Å². The van der Waals surface area contributed by atoms with Gasteiger partial charge in [0.25, 0.3) is 6.43 Å². The molecule has 236 valence electrons. The van der Waals surface area contributed by atoms with E-state index in [0.717, 1.165) is 24.8 Å². The third kappa shape index (κ3) is 5.37. The third-order valence-corrected chi connectivity index (χ3v) is 8.57. The Morgan fingerprint density at radius 1 is 1.09 bits per heavy atom. The highest BCUT2D eigenvalue weighted by atomic mass is 19.4. The van der Waals surface area contributed by atoms with Crippen molar-refractivity contribution in [2.45, 2.75) is 50.9 Å². The van der Waals surface area contributed by atoms with Crippen LogP contribution in [0.5, 0.6) is 0 Å². The number of terminal acetylenes is 1. The Hall–Kier alpha value is -5.14. The number of halogens is 5. The predicted octanol–water partition coefficient (Wildman–Crippen LogP) is 6.75. The van der Waals surface area contributed by atoms with Crippen LogP contribution >= 0.6 is 0 Å². The number of benzene rings is 2. The van der Waals surface area contributed by atoms with E-state index in [-0.39, 0.29) is 22.3 Å². The zero-order valence-corrected chi connectivity index (χ0v) is 24.8. The molecule has 8 nitrogen and oxygen atoms in total. The van der Waals surface area contributed by atoms with Gasteiger partial charge >= 0.3 is 6.18 Å². The van der Waals surface area contributed by atoms with E-state index in [9.17, 15) is 27.2 Å². The van der Waals surface area contributed by atoms with Gasteiger partial charge in [-0.3, -0.25) is 15.0 Å². The molecule has 0 bridgehead atoms. The Bertz CT molecular complexity index is 1930. The molecule has 2 aromatic carbocycles. The number of hydrogen-bond donors (Lipinski definition) is 4. The minimum Gasteiger partial charge on any atom is -0.383 e. The summed E-state index contributed by atoms with van der Waals surface area (Å²) in [6.45, 7) is 1.67. The number of fused-ring (bicyclic) bond motifs is 2. The van der Waals surface area contributed by atoms with Gasteiger partial charge in [0.05, 0.1) is 45.0 Å². The van der Waals surface area contributed by atoms with Crippen LogP contribution in [0.2, 0.25) is 0 Å². The van der Waals surface area contributed by atoms with Gasteiger partial charge in [-0.2, -0.15) is 18.4 Å². The van der Waals surface area contributed by atoms with E-state index < -0.39 is 36.1 Å². The molecular weight excluding hydrogens is 603 g/mol. The lowest BCUT2D eigenvalue weighted by Crippen LogP contribution is -2.48. The van der Waals surface area contributed by atoms with Crippen LogP contribution in [0.25, 0.3) is 21.8 Å². The average Bonchev–Trinajstić information content (AvgIpc) is 3.71. The molecule has 0 radical (unpaired) electrons. The highest BCUT2D eigenvalue weighted by Gasteiger charge is 2.56. The van der Waals surface area contributed by atoms with E-state index in [0.29, 0.717) is 35.1 Å². The summed E-state index contributed by atoms with van der Waals surface area (Å²) in [5.74, 6) is 2.47. The van der Waals surface area contributed by atoms with E-state index in [1.54, 1.807) is 30.6 Å². The lowest BCUT2D eigenvalue weighted by atomic mass is 9.92. The summed E-state index contributed by atoms with van der Waals surface area (Å²) in [5, 5.41) is 18.9. The van der Waals surface area contributed by atoms with E-state index >= 15 is 0 Å². The quantitative estimate of drug-likeness (QED) is 0.119. The van der Waals surface area contributed by atoms with Gasteiger partial charge in [-0.15, -0.1) is 12.0 Å². The van der Waals surface area contributed by atoms with Gasteiger partial charge in [-0.1, -0.05) is 24.1 Å². The van der Waals surface area contributed by atoms with Gasteiger partial charge in [0.1, 0.15) is 11.6 Å². The largest absolute Gasteiger partial charge is 0.395 e. The molecule has 1 saturated carbocycles. The molecule has 3 heterocycles. The first-order valence-corrected chi connectivity index (χ1v) is 14.4. The van der Waals surface area contributed by atoms with E-state index in [2.05, 4.69) is 43.6 Å². The Morgan fingerprint density at radius 2 is 1.87 bits per heavy atom. The van der Waals surface area contributed by atoms with Crippen LogP contribution in [0.3, 0.4) is 0 Å². The first-order valence-electron chi connectivity index (χ1n) is 14.4. The minimum atomic E-state index is -4.49. The van der Waals surface area contributed by atoms with Crippen LogP contribution < -0.4 is 21.6 Å². The minimum absolute atomic E-state index is 0.155. The number of aromatic nitrogens is 2. The van der Waals surface area contributed by atoms with Crippen LogP contribution in [0.1, 0.15) is 49.4 Å². The van der Waals surface area contributed by atoms with Crippen LogP contribution in [0, 0.1) is 29.1 Å².